The zero-order valence-electron chi connectivity index (χ0n) is 16.7. The largest absolute Gasteiger partial charge is 0.478 e. The van der Waals surface area contributed by atoms with Crippen LogP contribution in [0.5, 0.6) is 0 Å². The third kappa shape index (κ3) is 5.28. The van der Waals surface area contributed by atoms with Gasteiger partial charge in [-0.2, -0.15) is 0 Å². The van der Waals surface area contributed by atoms with E-state index in [0.717, 1.165) is 11.8 Å². The van der Waals surface area contributed by atoms with Crippen LogP contribution in [-0.2, 0) is 14.3 Å². The molecular formula is C21H19N3O6S. The Morgan fingerprint density at radius 3 is 2.29 bits per heavy atom. The predicted octanol–water partition coefficient (Wildman–Crippen LogP) is 2.76. The van der Waals surface area contributed by atoms with E-state index in [1.165, 1.54) is 36.3 Å². The van der Waals surface area contributed by atoms with E-state index in [1.54, 1.807) is 31.3 Å². The van der Waals surface area contributed by atoms with E-state index in [-0.39, 0.29) is 23.8 Å². The molecule has 2 amide bonds. The Kier molecular flexibility index (Phi) is 6.71. The fraction of sp³-hybridized carbons (Fsp3) is 0.190. The highest BCUT2D eigenvalue weighted by atomic mass is 32.2. The van der Waals surface area contributed by atoms with Crippen LogP contribution in [0.3, 0.4) is 0 Å². The molecule has 0 bridgehead atoms. The number of anilines is 1. The molecule has 1 aliphatic rings. The lowest BCUT2D eigenvalue weighted by Gasteiger charge is -2.28. The monoisotopic (exact) mass is 441 g/mol. The molecule has 1 heterocycles. The predicted molar refractivity (Wildman–Crippen MR) is 116 cm³/mol. The zero-order valence-corrected chi connectivity index (χ0v) is 17.5. The van der Waals surface area contributed by atoms with Gasteiger partial charge in [-0.15, -0.1) is 0 Å². The number of carbonyl (C=O) groups is 4. The van der Waals surface area contributed by atoms with Crippen LogP contribution in [0.2, 0.25) is 0 Å². The number of hydrogen-bond acceptors (Lipinski definition) is 7. The summed E-state index contributed by atoms with van der Waals surface area (Å²) in [6, 6.07) is 12.1. The molecule has 0 unspecified atom stereocenters. The number of carboxylic acids is 1. The van der Waals surface area contributed by atoms with E-state index in [2.05, 4.69) is 15.0 Å². The Balaban J connectivity index is 1.74. The first-order valence-corrected chi connectivity index (χ1v) is 10.0. The molecule has 10 heteroatoms. The maximum Gasteiger partial charge on any atom is 0.337 e. The Bertz CT molecular complexity index is 1050. The van der Waals surface area contributed by atoms with Gasteiger partial charge in [0, 0.05) is 19.2 Å². The van der Waals surface area contributed by atoms with Crippen LogP contribution in [0, 0.1) is 0 Å². The number of amides is 2. The number of aromatic carboxylic acids is 1. The van der Waals surface area contributed by atoms with Gasteiger partial charge in [-0.1, -0.05) is 11.8 Å². The molecule has 0 aromatic heterocycles. The van der Waals surface area contributed by atoms with Crippen molar-refractivity contribution in [2.75, 3.05) is 19.5 Å². The molecular weight excluding hydrogens is 422 g/mol. The van der Waals surface area contributed by atoms with Gasteiger partial charge in [-0.25, -0.2) is 14.6 Å². The minimum absolute atomic E-state index is 0.000504. The van der Waals surface area contributed by atoms with Crippen molar-refractivity contribution in [3.8, 4) is 0 Å². The van der Waals surface area contributed by atoms with Crippen LogP contribution in [-0.4, -0.2) is 58.3 Å². The van der Waals surface area contributed by atoms with Crippen molar-refractivity contribution in [1.82, 2.24) is 4.90 Å². The standard InChI is InChI=1S/C21H19N3O6S/c1-24-17(25)11-16(18(26)22-14-7-3-12(4-8-14)19(27)28)31-21(24)23-15-9-5-13(6-10-15)20(29)30-2/h3-10,16H,11H2,1-2H3,(H,22,26)(H,27,28)/t16-/m0/s1. The third-order valence-corrected chi connectivity index (χ3v) is 5.71. The second-order valence-electron chi connectivity index (χ2n) is 6.57. The SMILES string of the molecule is COC(=O)c1ccc(N=C2S[C@H](C(=O)Nc3ccc(C(=O)O)cc3)CC(=O)N2C)cc1. The number of amidine groups is 1. The van der Waals surface area contributed by atoms with Gasteiger partial charge in [-0.05, 0) is 48.5 Å². The highest BCUT2D eigenvalue weighted by Crippen LogP contribution is 2.29. The molecule has 1 fully saturated rings. The van der Waals surface area contributed by atoms with E-state index in [4.69, 9.17) is 5.11 Å². The number of thioether (sulfide) groups is 1. The number of methoxy groups -OCH3 is 1. The van der Waals surface area contributed by atoms with Gasteiger partial charge in [0.2, 0.25) is 11.8 Å². The number of nitrogens with one attached hydrogen (secondary N) is 1. The lowest BCUT2D eigenvalue weighted by Crippen LogP contribution is -2.43. The number of ether oxygens (including phenoxy) is 1. The smallest absolute Gasteiger partial charge is 0.337 e. The number of rotatable bonds is 5. The lowest BCUT2D eigenvalue weighted by atomic mass is 10.2. The normalized spacial score (nSPS) is 17.4. The Morgan fingerprint density at radius 1 is 1.10 bits per heavy atom. The molecule has 2 aromatic carbocycles. The number of carboxylic acid groups (broad SMARTS) is 1. The van der Waals surface area contributed by atoms with Crippen molar-refractivity contribution in [2.24, 2.45) is 4.99 Å². The molecule has 2 N–H and O–H groups in total. The summed E-state index contributed by atoms with van der Waals surface area (Å²) in [7, 11) is 2.87. The first-order chi connectivity index (χ1) is 14.8. The Morgan fingerprint density at radius 2 is 1.71 bits per heavy atom. The number of carbonyl (C=O) groups excluding carboxylic acids is 3. The summed E-state index contributed by atoms with van der Waals surface area (Å²) in [4.78, 5) is 53.3. The van der Waals surface area contributed by atoms with E-state index >= 15 is 0 Å². The molecule has 31 heavy (non-hydrogen) atoms. The van der Waals surface area contributed by atoms with Gasteiger partial charge in [0.25, 0.3) is 0 Å². The van der Waals surface area contributed by atoms with Gasteiger partial charge < -0.3 is 15.2 Å². The van der Waals surface area contributed by atoms with Crippen LogP contribution < -0.4 is 5.32 Å². The summed E-state index contributed by atoms with van der Waals surface area (Å²) in [6.07, 6.45) is 0.000504. The average Bonchev–Trinajstić information content (AvgIpc) is 2.77. The first kappa shape index (κ1) is 22.0. The van der Waals surface area contributed by atoms with Crippen LogP contribution in [0.25, 0.3) is 0 Å². The maximum atomic E-state index is 12.7. The number of benzene rings is 2. The molecule has 3 rings (SSSR count). The summed E-state index contributed by atoms with van der Waals surface area (Å²) in [5.41, 5.74) is 1.42. The zero-order chi connectivity index (χ0) is 22.5. The van der Waals surface area contributed by atoms with Crippen LogP contribution in [0.1, 0.15) is 27.1 Å². The van der Waals surface area contributed by atoms with E-state index in [0.29, 0.717) is 22.1 Å². The summed E-state index contributed by atoms with van der Waals surface area (Å²) < 4.78 is 4.66. The molecule has 1 atom stereocenters. The maximum absolute atomic E-state index is 12.7. The van der Waals surface area contributed by atoms with E-state index in [9.17, 15) is 19.2 Å². The number of hydrogen-bond donors (Lipinski definition) is 2. The fourth-order valence-corrected chi connectivity index (χ4v) is 3.78. The molecule has 0 aliphatic carbocycles. The molecule has 0 spiro atoms. The second-order valence-corrected chi connectivity index (χ2v) is 7.74. The summed E-state index contributed by atoms with van der Waals surface area (Å²) in [6.45, 7) is 0. The van der Waals surface area contributed by atoms with E-state index in [1.807, 2.05) is 0 Å². The van der Waals surface area contributed by atoms with Crippen molar-refractivity contribution in [2.45, 2.75) is 11.7 Å². The minimum atomic E-state index is -1.06. The third-order valence-electron chi connectivity index (χ3n) is 4.47. The van der Waals surface area contributed by atoms with E-state index < -0.39 is 17.2 Å². The van der Waals surface area contributed by atoms with Crippen molar-refractivity contribution in [3.63, 3.8) is 0 Å². The topological polar surface area (TPSA) is 125 Å². The highest BCUT2D eigenvalue weighted by Gasteiger charge is 2.34. The molecule has 1 aliphatic heterocycles. The summed E-state index contributed by atoms with van der Waals surface area (Å²) in [5, 5.41) is 11.3. The Labute approximate surface area is 182 Å². The highest BCUT2D eigenvalue weighted by molar-refractivity contribution is 8.15. The van der Waals surface area contributed by atoms with Crippen molar-refractivity contribution in [1.29, 1.82) is 0 Å². The number of esters is 1. The molecule has 160 valence electrons. The van der Waals surface area contributed by atoms with Gasteiger partial charge in [-0.3, -0.25) is 14.5 Å². The van der Waals surface area contributed by atoms with Crippen molar-refractivity contribution in [3.05, 3.63) is 59.7 Å². The molecule has 9 nitrogen and oxygen atoms in total. The van der Waals surface area contributed by atoms with Crippen LogP contribution in [0.4, 0.5) is 11.4 Å². The molecule has 0 radical (unpaired) electrons. The van der Waals surface area contributed by atoms with Crippen molar-refractivity contribution < 1.29 is 29.0 Å². The van der Waals surface area contributed by atoms with Gasteiger partial charge in [0.05, 0.1) is 23.9 Å². The van der Waals surface area contributed by atoms with Gasteiger partial charge in [0.15, 0.2) is 5.17 Å². The molecule has 1 saturated heterocycles. The number of aliphatic imine (C=N–C) groups is 1. The molecule has 0 saturated carbocycles. The summed E-state index contributed by atoms with van der Waals surface area (Å²) in [5.74, 6) is -2.17. The fourth-order valence-electron chi connectivity index (χ4n) is 2.72. The Hall–Kier alpha value is -3.66. The van der Waals surface area contributed by atoms with Crippen LogP contribution in [0.15, 0.2) is 53.5 Å². The van der Waals surface area contributed by atoms with Crippen LogP contribution >= 0.6 is 11.8 Å². The quantitative estimate of drug-likeness (QED) is 0.684. The first-order valence-electron chi connectivity index (χ1n) is 9.13. The van der Waals surface area contributed by atoms with Gasteiger partial charge in [0.1, 0.15) is 5.25 Å². The lowest BCUT2D eigenvalue weighted by molar-refractivity contribution is -0.128. The van der Waals surface area contributed by atoms with Gasteiger partial charge >= 0.3 is 11.9 Å². The summed E-state index contributed by atoms with van der Waals surface area (Å²) >= 11 is 1.15. The number of nitrogens with zero attached hydrogens (tertiary/aromatic N) is 2. The minimum Gasteiger partial charge on any atom is -0.478 e. The molecule has 2 aromatic rings. The second kappa shape index (κ2) is 9.43. The average molecular weight is 441 g/mol. The van der Waals surface area contributed by atoms with Crippen molar-refractivity contribution >= 4 is 52.1 Å².